The molecule has 2 aromatic heterocycles. The van der Waals surface area contributed by atoms with E-state index >= 15 is 0 Å². The number of hydrogen-bond acceptors (Lipinski definition) is 2. The van der Waals surface area contributed by atoms with E-state index in [0.29, 0.717) is 0 Å². The van der Waals surface area contributed by atoms with Gasteiger partial charge in [-0.2, -0.15) is 0 Å². The van der Waals surface area contributed by atoms with E-state index in [1.54, 1.807) is 28.7 Å². The van der Waals surface area contributed by atoms with Gasteiger partial charge in [0.25, 0.3) is 0 Å². The minimum Gasteiger partial charge on any atom is -0.205 e. The smallest absolute Gasteiger partial charge is 0.142 e. The molecule has 0 aliphatic carbocycles. The fraction of sp³-hybridized carbons (Fsp3) is 0.333. The fourth-order valence-electron chi connectivity index (χ4n) is 1.46. The van der Waals surface area contributed by atoms with Crippen LogP contribution in [0.5, 0.6) is 0 Å². The van der Waals surface area contributed by atoms with E-state index in [4.69, 9.17) is 0 Å². The number of hydrogen-bond donors (Lipinski definition) is 0. The van der Waals surface area contributed by atoms with E-state index in [-0.39, 0.29) is 5.82 Å². The van der Waals surface area contributed by atoms with Crippen molar-refractivity contribution in [3.8, 4) is 9.75 Å². The molecule has 0 aliphatic rings. The van der Waals surface area contributed by atoms with Crippen LogP contribution in [0.15, 0.2) is 18.2 Å². The second-order valence-electron chi connectivity index (χ2n) is 4.95. The summed E-state index contributed by atoms with van der Waals surface area (Å²) < 4.78 is 15.1. The van der Waals surface area contributed by atoms with Gasteiger partial charge in [-0.25, -0.2) is 4.39 Å². The highest BCUT2D eigenvalue weighted by Crippen LogP contribution is 2.33. The maximum absolute atomic E-state index is 13.9. The quantitative estimate of drug-likeness (QED) is 0.706. The van der Waals surface area contributed by atoms with Gasteiger partial charge in [0.2, 0.25) is 0 Å². The van der Waals surface area contributed by atoms with Crippen LogP contribution in [0.4, 0.5) is 4.39 Å². The molecule has 0 saturated carbocycles. The Kier molecular flexibility index (Phi) is 3.07. The Labute approximate surface area is 105 Å². The molecule has 0 nitrogen and oxygen atoms in total. The second-order valence-corrected chi connectivity index (χ2v) is 12.7. The van der Waals surface area contributed by atoms with Crippen molar-refractivity contribution in [3.63, 3.8) is 0 Å². The first kappa shape index (κ1) is 12.0. The molecule has 0 fully saturated rings. The predicted octanol–water partition coefficient (Wildman–Crippen LogP) is 4.47. The normalized spacial score (nSPS) is 12.1. The number of rotatable bonds is 2. The SMILES string of the molecule is Cc1ccc(-c2sc([Si](C)(C)C)cc2F)s1. The molecule has 0 bridgehead atoms. The average molecular weight is 270 g/mol. The molecule has 86 valence electrons. The van der Waals surface area contributed by atoms with Gasteiger partial charge in [0.05, 0.1) is 13.0 Å². The van der Waals surface area contributed by atoms with Crippen molar-refractivity contribution in [2.45, 2.75) is 26.6 Å². The Bertz CT molecular complexity index is 505. The van der Waals surface area contributed by atoms with Crippen LogP contribution in [-0.2, 0) is 0 Å². The first-order chi connectivity index (χ1) is 7.38. The molecule has 16 heavy (non-hydrogen) atoms. The maximum Gasteiger partial charge on any atom is 0.142 e. The number of halogens is 1. The first-order valence-corrected chi connectivity index (χ1v) is 10.4. The van der Waals surface area contributed by atoms with E-state index in [0.717, 1.165) is 9.75 Å². The van der Waals surface area contributed by atoms with Crippen molar-refractivity contribution in [2.75, 3.05) is 0 Å². The summed E-state index contributed by atoms with van der Waals surface area (Å²) >= 11 is 3.29. The van der Waals surface area contributed by atoms with Gasteiger partial charge in [-0.05, 0) is 29.6 Å². The summed E-state index contributed by atoms with van der Waals surface area (Å²) in [5, 5.41) is 0. The van der Waals surface area contributed by atoms with Gasteiger partial charge in [0.15, 0.2) is 0 Å². The summed E-state index contributed by atoms with van der Waals surface area (Å²) in [5.41, 5.74) is 0. The Morgan fingerprint density at radius 2 is 1.81 bits per heavy atom. The molecule has 0 aromatic carbocycles. The van der Waals surface area contributed by atoms with Crippen LogP contribution in [0.2, 0.25) is 19.6 Å². The molecule has 0 spiro atoms. The van der Waals surface area contributed by atoms with Crippen molar-refractivity contribution in [1.29, 1.82) is 0 Å². The van der Waals surface area contributed by atoms with Crippen LogP contribution in [0.3, 0.4) is 0 Å². The third-order valence-corrected chi connectivity index (χ3v) is 8.26. The average Bonchev–Trinajstić information content (AvgIpc) is 2.70. The monoisotopic (exact) mass is 270 g/mol. The van der Waals surface area contributed by atoms with Crippen LogP contribution >= 0.6 is 22.7 Å². The summed E-state index contributed by atoms with van der Waals surface area (Å²) in [6.07, 6.45) is 0. The van der Waals surface area contributed by atoms with Gasteiger partial charge in [-0.15, -0.1) is 22.7 Å². The molecule has 0 aliphatic heterocycles. The van der Waals surface area contributed by atoms with E-state index < -0.39 is 8.07 Å². The molecule has 4 heteroatoms. The van der Waals surface area contributed by atoms with E-state index in [2.05, 4.69) is 26.6 Å². The van der Waals surface area contributed by atoms with Crippen molar-refractivity contribution in [2.24, 2.45) is 0 Å². The van der Waals surface area contributed by atoms with E-state index in [9.17, 15) is 4.39 Å². The molecule has 2 heterocycles. The molecule has 2 rings (SSSR count). The highest BCUT2D eigenvalue weighted by atomic mass is 32.1. The van der Waals surface area contributed by atoms with Crippen LogP contribution in [0.25, 0.3) is 9.75 Å². The zero-order valence-corrected chi connectivity index (χ0v) is 12.6. The molecule has 0 atom stereocenters. The molecular weight excluding hydrogens is 255 g/mol. The topological polar surface area (TPSA) is 0 Å². The molecule has 0 amide bonds. The Morgan fingerprint density at radius 1 is 1.12 bits per heavy atom. The van der Waals surface area contributed by atoms with E-state index in [1.807, 2.05) is 12.1 Å². The van der Waals surface area contributed by atoms with E-state index in [1.165, 1.54) is 9.38 Å². The molecule has 0 unspecified atom stereocenters. The molecule has 2 aromatic rings. The summed E-state index contributed by atoms with van der Waals surface area (Å²) in [4.78, 5) is 3.11. The van der Waals surface area contributed by atoms with Crippen molar-refractivity contribution in [1.82, 2.24) is 0 Å². The fourth-order valence-corrected chi connectivity index (χ4v) is 5.32. The van der Waals surface area contributed by atoms with Crippen LogP contribution in [0, 0.1) is 12.7 Å². The lowest BCUT2D eigenvalue weighted by Crippen LogP contribution is -2.34. The lowest BCUT2D eigenvalue weighted by molar-refractivity contribution is 0.637. The lowest BCUT2D eigenvalue weighted by atomic mass is 10.3. The number of aryl methyl sites for hydroxylation is 1. The van der Waals surface area contributed by atoms with Crippen LogP contribution in [0.1, 0.15) is 4.88 Å². The summed E-state index contributed by atoms with van der Waals surface area (Å²) in [5.74, 6) is -0.0516. The van der Waals surface area contributed by atoms with Gasteiger partial charge in [0, 0.05) is 9.75 Å². The van der Waals surface area contributed by atoms with Crippen molar-refractivity contribution >= 4 is 35.2 Å². The van der Waals surface area contributed by atoms with Gasteiger partial charge in [0.1, 0.15) is 5.82 Å². The molecular formula is C12H15FS2Si. The largest absolute Gasteiger partial charge is 0.205 e. The Balaban J connectivity index is 2.47. The van der Waals surface area contributed by atoms with Crippen molar-refractivity contribution < 1.29 is 4.39 Å². The summed E-state index contributed by atoms with van der Waals surface area (Å²) in [7, 11) is -1.39. The minimum atomic E-state index is -1.39. The third-order valence-electron chi connectivity index (χ3n) is 2.39. The Hall–Kier alpha value is -0.453. The maximum atomic E-state index is 13.9. The summed E-state index contributed by atoms with van der Waals surface area (Å²) in [6.45, 7) is 8.81. The summed E-state index contributed by atoms with van der Waals surface area (Å²) in [6, 6.07) is 5.80. The van der Waals surface area contributed by atoms with Crippen LogP contribution in [-0.4, -0.2) is 8.07 Å². The zero-order chi connectivity index (χ0) is 11.9. The Morgan fingerprint density at radius 3 is 2.25 bits per heavy atom. The van der Waals surface area contributed by atoms with Crippen molar-refractivity contribution in [3.05, 3.63) is 28.9 Å². The lowest BCUT2D eigenvalue weighted by Gasteiger charge is -2.11. The van der Waals surface area contributed by atoms with Crippen LogP contribution < -0.4 is 4.50 Å². The second kappa shape index (κ2) is 4.09. The van der Waals surface area contributed by atoms with Gasteiger partial charge in [-0.3, -0.25) is 0 Å². The highest BCUT2D eigenvalue weighted by Gasteiger charge is 2.22. The molecule has 0 radical (unpaired) electrons. The van der Waals surface area contributed by atoms with Gasteiger partial charge >= 0.3 is 0 Å². The zero-order valence-electron chi connectivity index (χ0n) is 9.93. The number of thiophene rings is 2. The standard InChI is InChI=1S/C12H15FS2Si/c1-8-5-6-10(14-8)12-9(13)7-11(15-12)16(2,3)4/h5-7H,1-4H3. The minimum absolute atomic E-state index is 0.0516. The molecule has 0 N–H and O–H groups in total. The van der Waals surface area contributed by atoms with Gasteiger partial charge < -0.3 is 0 Å². The van der Waals surface area contributed by atoms with Gasteiger partial charge in [-0.1, -0.05) is 19.6 Å². The molecule has 0 saturated heterocycles. The highest BCUT2D eigenvalue weighted by molar-refractivity contribution is 7.30. The third kappa shape index (κ3) is 2.29. The predicted molar refractivity (Wildman–Crippen MR) is 75.3 cm³/mol. The first-order valence-electron chi connectivity index (χ1n) is 5.24.